The molecule has 5 rings (SSSR count). The van der Waals surface area contributed by atoms with E-state index in [1.165, 1.54) is 15.3 Å². The second kappa shape index (κ2) is 5.97. The quantitative estimate of drug-likeness (QED) is 0.363. The Hall–Kier alpha value is -3.05. The molecule has 1 aromatic carbocycles. The van der Waals surface area contributed by atoms with E-state index >= 15 is 0 Å². The van der Waals surface area contributed by atoms with Crippen molar-refractivity contribution in [2.24, 2.45) is 0 Å². The predicted molar refractivity (Wildman–Crippen MR) is 96.6 cm³/mol. The fraction of sp³-hybridized carbons (Fsp3) is 0.278. The van der Waals surface area contributed by atoms with Gasteiger partial charge in [0.05, 0.1) is 6.61 Å². The van der Waals surface area contributed by atoms with E-state index in [9.17, 15) is 20.1 Å². The van der Waals surface area contributed by atoms with Gasteiger partial charge in [0, 0.05) is 18.0 Å². The third-order valence-electron chi connectivity index (χ3n) is 5.20. The average Bonchev–Trinajstić information content (AvgIpc) is 3.42. The maximum Gasteiger partial charge on any atom is 0.287 e. The zero-order valence-electron chi connectivity index (χ0n) is 14.5. The normalized spacial score (nSPS) is 27.8. The minimum absolute atomic E-state index is 0.0881. The van der Waals surface area contributed by atoms with Crippen LogP contribution in [0.2, 0.25) is 0 Å². The molecule has 144 valence electrons. The number of nitrogens with zero attached hydrogens (tertiary/aromatic N) is 4. The van der Waals surface area contributed by atoms with Crippen LogP contribution in [0.15, 0.2) is 53.8 Å². The lowest BCUT2D eigenvalue weighted by atomic mass is 9.94. The van der Waals surface area contributed by atoms with E-state index in [4.69, 9.17) is 4.74 Å². The van der Waals surface area contributed by atoms with E-state index < -0.39 is 30.6 Å². The summed E-state index contributed by atoms with van der Waals surface area (Å²) in [7, 11) is 0. The zero-order chi connectivity index (χ0) is 19.5. The van der Waals surface area contributed by atoms with E-state index in [1.807, 2.05) is 0 Å². The first kappa shape index (κ1) is 17.1. The van der Waals surface area contributed by atoms with Crippen molar-refractivity contribution in [3.63, 3.8) is 0 Å². The number of aromatic nitrogens is 5. The molecule has 10 nitrogen and oxygen atoms in total. The molecule has 4 aromatic rings. The van der Waals surface area contributed by atoms with Gasteiger partial charge >= 0.3 is 0 Å². The molecule has 4 atom stereocenters. The van der Waals surface area contributed by atoms with Gasteiger partial charge in [-0.2, -0.15) is 4.98 Å². The monoisotopic (exact) mass is 383 g/mol. The standard InChI is InChI=1S/C18H17N5O5/c24-8-11-13(25)14(26)18(28-11,10-4-2-1-3-5-10)23-9-20-12-15(23)21-17-19-6-7-22(17)16(12)27/h1-7,9,11,13-14,24-26H,8H2,(H,19,21)/t11-,13-,14-,18-/m1/s1. The highest BCUT2D eigenvalue weighted by atomic mass is 16.6. The summed E-state index contributed by atoms with van der Waals surface area (Å²) in [6.07, 6.45) is 0.658. The van der Waals surface area contributed by atoms with Crippen LogP contribution in [0.1, 0.15) is 5.56 Å². The molecule has 0 amide bonds. The van der Waals surface area contributed by atoms with Gasteiger partial charge in [0.2, 0.25) is 11.5 Å². The van der Waals surface area contributed by atoms with Gasteiger partial charge in [0.25, 0.3) is 5.56 Å². The van der Waals surface area contributed by atoms with Gasteiger partial charge in [-0.3, -0.25) is 13.8 Å². The number of imidazole rings is 2. The lowest BCUT2D eigenvalue weighted by Crippen LogP contribution is -2.46. The van der Waals surface area contributed by atoms with Gasteiger partial charge < -0.3 is 25.0 Å². The molecular weight excluding hydrogens is 366 g/mol. The molecule has 4 N–H and O–H groups in total. The highest BCUT2D eigenvalue weighted by molar-refractivity contribution is 5.72. The summed E-state index contributed by atoms with van der Waals surface area (Å²) in [4.78, 5) is 24.2. The summed E-state index contributed by atoms with van der Waals surface area (Å²) < 4.78 is 8.77. The maximum atomic E-state index is 12.7. The number of H-pyrrole nitrogens is 1. The Bertz CT molecular complexity index is 1220. The fourth-order valence-corrected chi connectivity index (χ4v) is 3.84. The van der Waals surface area contributed by atoms with Crippen molar-refractivity contribution < 1.29 is 20.1 Å². The highest BCUT2D eigenvalue weighted by Crippen LogP contribution is 2.42. The molecule has 0 saturated carbocycles. The van der Waals surface area contributed by atoms with Crippen molar-refractivity contribution in [2.75, 3.05) is 6.61 Å². The third kappa shape index (κ3) is 2.08. The smallest absolute Gasteiger partial charge is 0.287 e. The number of hydrogen-bond donors (Lipinski definition) is 4. The summed E-state index contributed by atoms with van der Waals surface area (Å²) >= 11 is 0. The second-order valence-electron chi connectivity index (χ2n) is 6.69. The topological polar surface area (TPSA) is 138 Å². The molecule has 0 radical (unpaired) electrons. The number of aliphatic hydroxyl groups excluding tert-OH is 3. The molecule has 10 heteroatoms. The summed E-state index contributed by atoms with van der Waals surface area (Å²) in [5.41, 5.74) is -1.21. The molecule has 0 bridgehead atoms. The van der Waals surface area contributed by atoms with Crippen LogP contribution >= 0.6 is 0 Å². The van der Waals surface area contributed by atoms with Gasteiger partial charge in [-0.25, -0.2) is 4.98 Å². The number of nitrogens with one attached hydrogen (secondary N) is 1. The van der Waals surface area contributed by atoms with Gasteiger partial charge in [-0.15, -0.1) is 0 Å². The van der Waals surface area contributed by atoms with Crippen LogP contribution < -0.4 is 5.56 Å². The van der Waals surface area contributed by atoms with E-state index in [0.717, 1.165) is 0 Å². The summed E-state index contributed by atoms with van der Waals surface area (Å²) in [5, 5.41) is 31.0. The molecule has 0 spiro atoms. The lowest BCUT2D eigenvalue weighted by Gasteiger charge is -2.34. The van der Waals surface area contributed by atoms with Crippen molar-refractivity contribution >= 4 is 16.9 Å². The van der Waals surface area contributed by atoms with Crippen LogP contribution in [0.5, 0.6) is 0 Å². The number of rotatable bonds is 3. The zero-order valence-corrected chi connectivity index (χ0v) is 14.5. The number of hydrogen-bond acceptors (Lipinski definition) is 7. The molecule has 1 aliphatic heterocycles. The summed E-state index contributed by atoms with van der Waals surface area (Å²) in [6, 6.07) is 8.77. The molecule has 1 aliphatic rings. The Labute approximate surface area is 157 Å². The number of benzene rings is 1. The van der Waals surface area contributed by atoms with Gasteiger partial charge in [-0.05, 0) is 0 Å². The van der Waals surface area contributed by atoms with Crippen molar-refractivity contribution in [3.8, 4) is 0 Å². The summed E-state index contributed by atoms with van der Waals surface area (Å²) in [6.45, 7) is -0.490. The molecule has 3 aromatic heterocycles. The Kier molecular flexibility index (Phi) is 3.64. The number of fused-ring (bicyclic) bond motifs is 2. The van der Waals surface area contributed by atoms with Crippen LogP contribution in [0.4, 0.5) is 0 Å². The maximum absolute atomic E-state index is 12.7. The minimum atomic E-state index is -1.62. The molecule has 0 unspecified atom stereocenters. The Balaban J connectivity index is 1.84. The minimum Gasteiger partial charge on any atom is -0.394 e. The lowest BCUT2D eigenvalue weighted by molar-refractivity contribution is -0.115. The molecule has 4 heterocycles. The molecular formula is C18H17N5O5. The van der Waals surface area contributed by atoms with Crippen molar-refractivity contribution in [2.45, 2.75) is 24.0 Å². The van der Waals surface area contributed by atoms with Gasteiger partial charge in [-0.1, -0.05) is 30.3 Å². The van der Waals surface area contributed by atoms with Crippen molar-refractivity contribution in [1.82, 2.24) is 23.9 Å². The first-order valence-electron chi connectivity index (χ1n) is 8.71. The van der Waals surface area contributed by atoms with E-state index in [0.29, 0.717) is 11.3 Å². The largest absolute Gasteiger partial charge is 0.394 e. The van der Waals surface area contributed by atoms with Crippen LogP contribution in [0.3, 0.4) is 0 Å². The fourth-order valence-electron chi connectivity index (χ4n) is 3.84. The average molecular weight is 383 g/mol. The first-order chi connectivity index (χ1) is 13.6. The Morgan fingerprint density at radius 1 is 1.25 bits per heavy atom. The number of ether oxygens (including phenoxy) is 1. The summed E-state index contributed by atoms with van der Waals surface area (Å²) in [5.74, 6) is 0.300. The molecule has 0 aliphatic carbocycles. The first-order valence-corrected chi connectivity index (χ1v) is 8.71. The second-order valence-corrected chi connectivity index (χ2v) is 6.69. The molecule has 1 fully saturated rings. The van der Waals surface area contributed by atoms with E-state index in [-0.39, 0.29) is 16.7 Å². The van der Waals surface area contributed by atoms with Crippen LogP contribution in [0.25, 0.3) is 16.9 Å². The molecule has 28 heavy (non-hydrogen) atoms. The van der Waals surface area contributed by atoms with Gasteiger partial charge in [0.15, 0.2) is 11.2 Å². The number of aromatic amines is 1. The number of aliphatic hydroxyl groups is 3. The van der Waals surface area contributed by atoms with Crippen molar-refractivity contribution in [3.05, 3.63) is 65.0 Å². The van der Waals surface area contributed by atoms with Crippen LogP contribution in [-0.2, 0) is 10.5 Å². The van der Waals surface area contributed by atoms with E-state index in [1.54, 1.807) is 42.7 Å². The van der Waals surface area contributed by atoms with Crippen molar-refractivity contribution in [1.29, 1.82) is 0 Å². The van der Waals surface area contributed by atoms with E-state index in [2.05, 4.69) is 15.0 Å². The van der Waals surface area contributed by atoms with Crippen LogP contribution in [0, 0.1) is 0 Å². The Morgan fingerprint density at radius 3 is 2.75 bits per heavy atom. The van der Waals surface area contributed by atoms with Gasteiger partial charge in [0.1, 0.15) is 24.6 Å². The third-order valence-corrected chi connectivity index (χ3v) is 5.20. The highest BCUT2D eigenvalue weighted by Gasteiger charge is 2.57. The Morgan fingerprint density at radius 2 is 2.04 bits per heavy atom. The van der Waals surface area contributed by atoms with Crippen LogP contribution in [-0.4, -0.2) is 64.2 Å². The SMILES string of the molecule is O=c1c2ncn([C@]3(c4ccccc4)O[C@H](CO)[C@@H](O)[C@H]3O)c2nc2[nH]ccn12. The predicted octanol–water partition coefficient (Wildman–Crippen LogP) is -0.814. The molecule has 1 saturated heterocycles.